The molecule has 9 nitrogen and oxygen atoms in total. The smallest absolute Gasteiger partial charge is 0.290 e. The predicted octanol–water partition coefficient (Wildman–Crippen LogP) is 2.88. The highest BCUT2D eigenvalue weighted by Crippen LogP contribution is 2.34. The minimum absolute atomic E-state index is 0.00964. The number of benzene rings is 2. The maximum absolute atomic E-state index is 12.9. The number of nitrogens with zero attached hydrogens (tertiary/aromatic N) is 3. The Hall–Kier alpha value is -3.66. The minimum atomic E-state index is -0.616. The van der Waals surface area contributed by atoms with Gasteiger partial charge in [0.2, 0.25) is 11.8 Å². The third-order valence-corrected chi connectivity index (χ3v) is 6.79. The molecule has 3 amide bonds. The van der Waals surface area contributed by atoms with Gasteiger partial charge in [-0.15, -0.1) is 11.8 Å². The molecule has 0 unspecified atom stereocenters. The van der Waals surface area contributed by atoms with Crippen LogP contribution in [0.1, 0.15) is 43.1 Å². The number of hydrogen-bond acceptors (Lipinski definition) is 6. The summed E-state index contributed by atoms with van der Waals surface area (Å²) < 4.78 is 1.31. The number of amides is 3. The van der Waals surface area contributed by atoms with Gasteiger partial charge in [-0.1, -0.05) is 50.1 Å². The molecule has 0 spiro atoms. The lowest BCUT2D eigenvalue weighted by molar-refractivity contribution is -0.121. The second-order valence-electron chi connectivity index (χ2n) is 8.18. The number of hydrazine groups is 1. The van der Waals surface area contributed by atoms with Crippen LogP contribution in [0.15, 0.2) is 58.2 Å². The molecule has 3 aromatic rings. The lowest BCUT2D eigenvalue weighted by Crippen LogP contribution is -2.44. The van der Waals surface area contributed by atoms with Crippen molar-refractivity contribution in [3.63, 3.8) is 0 Å². The van der Waals surface area contributed by atoms with Crippen molar-refractivity contribution in [2.24, 2.45) is 0 Å². The molecule has 0 saturated heterocycles. The Morgan fingerprint density at radius 1 is 0.971 bits per heavy atom. The molecule has 35 heavy (non-hydrogen) atoms. The fourth-order valence-corrected chi connectivity index (χ4v) is 4.86. The molecule has 0 fully saturated rings. The Balaban J connectivity index is 1.42. The summed E-state index contributed by atoms with van der Waals surface area (Å²) in [5, 5.41) is 5.11. The molecule has 1 aromatic heterocycles. The molecule has 1 aliphatic rings. The molecule has 182 valence electrons. The summed E-state index contributed by atoms with van der Waals surface area (Å²) in [6.07, 6.45) is 2.72. The van der Waals surface area contributed by atoms with E-state index in [1.165, 1.54) is 16.4 Å². The molecule has 2 aromatic carbocycles. The van der Waals surface area contributed by atoms with Crippen molar-refractivity contribution < 1.29 is 14.4 Å². The fraction of sp³-hybridized carbons (Fsp3) is 0.320. The average Bonchev–Trinajstić information content (AvgIpc) is 2.88. The lowest BCUT2D eigenvalue weighted by Gasteiger charge is -2.28. The van der Waals surface area contributed by atoms with Crippen LogP contribution < -0.4 is 21.3 Å². The summed E-state index contributed by atoms with van der Waals surface area (Å²) >= 11 is 1.48. The van der Waals surface area contributed by atoms with Crippen molar-refractivity contribution in [2.45, 2.75) is 44.0 Å². The number of para-hydroxylation sites is 1. The number of rotatable bonds is 8. The number of thioether (sulfide) groups is 1. The van der Waals surface area contributed by atoms with Crippen LogP contribution in [0.3, 0.4) is 0 Å². The number of carbonyl (C=O) groups is 3. The number of hydrogen-bond donors (Lipinski definition) is 2. The van der Waals surface area contributed by atoms with Gasteiger partial charge in [-0.3, -0.25) is 30.0 Å². The van der Waals surface area contributed by atoms with Gasteiger partial charge < -0.3 is 4.90 Å². The number of fused-ring (bicyclic) bond motifs is 2. The number of carbonyl (C=O) groups excluding carboxylic acids is 3. The minimum Gasteiger partial charge on any atom is -0.310 e. The summed E-state index contributed by atoms with van der Waals surface area (Å²) in [6.45, 7) is 2.67. The maximum Gasteiger partial charge on any atom is 0.290 e. The van der Waals surface area contributed by atoms with E-state index in [1.54, 1.807) is 29.2 Å². The normalized spacial score (nSPS) is 12.9. The summed E-state index contributed by atoms with van der Waals surface area (Å²) in [6, 6.07) is 14.3. The average molecular weight is 494 g/mol. The van der Waals surface area contributed by atoms with Gasteiger partial charge in [0.25, 0.3) is 11.5 Å². The third-order valence-electron chi connectivity index (χ3n) is 5.74. The molecule has 0 radical (unpaired) electrons. The molecule has 0 aliphatic carbocycles. The molecular formula is C25H27N5O4S. The Bertz CT molecular complexity index is 1320. The topological polar surface area (TPSA) is 113 Å². The molecule has 4 rings (SSSR count). The molecule has 0 bridgehead atoms. The summed E-state index contributed by atoms with van der Waals surface area (Å²) in [5.41, 5.74) is 5.40. The van der Waals surface area contributed by atoms with E-state index in [-0.39, 0.29) is 30.1 Å². The van der Waals surface area contributed by atoms with Crippen LogP contribution >= 0.6 is 11.8 Å². The van der Waals surface area contributed by atoms with E-state index < -0.39 is 11.8 Å². The SMILES string of the molecule is CCCCCn1nc(C(=O)NNC(=O)CCN2C(=O)CSc3ccccc32)c2ccccc2c1=O. The number of anilines is 1. The van der Waals surface area contributed by atoms with Crippen molar-refractivity contribution >= 4 is 45.9 Å². The Morgan fingerprint density at radius 2 is 1.71 bits per heavy atom. The maximum atomic E-state index is 12.9. The van der Waals surface area contributed by atoms with Gasteiger partial charge in [0.1, 0.15) is 0 Å². The summed E-state index contributed by atoms with van der Waals surface area (Å²) in [7, 11) is 0. The highest BCUT2D eigenvalue weighted by molar-refractivity contribution is 8.00. The molecule has 10 heteroatoms. The van der Waals surface area contributed by atoms with Gasteiger partial charge in [-0.25, -0.2) is 4.68 Å². The zero-order valence-corrected chi connectivity index (χ0v) is 20.3. The van der Waals surface area contributed by atoms with Gasteiger partial charge in [0.15, 0.2) is 5.69 Å². The van der Waals surface area contributed by atoms with Gasteiger partial charge in [0.05, 0.1) is 16.8 Å². The van der Waals surface area contributed by atoms with E-state index in [1.807, 2.05) is 24.3 Å². The monoisotopic (exact) mass is 493 g/mol. The van der Waals surface area contributed by atoms with Crippen LogP contribution in [0, 0.1) is 0 Å². The number of unbranched alkanes of at least 4 members (excludes halogenated alkanes) is 2. The largest absolute Gasteiger partial charge is 0.310 e. The van der Waals surface area contributed by atoms with E-state index in [9.17, 15) is 19.2 Å². The van der Waals surface area contributed by atoms with E-state index in [0.717, 1.165) is 29.8 Å². The summed E-state index contributed by atoms with van der Waals surface area (Å²) in [4.78, 5) is 53.1. The van der Waals surface area contributed by atoms with Gasteiger partial charge >= 0.3 is 0 Å². The highest BCUT2D eigenvalue weighted by atomic mass is 32.2. The zero-order chi connectivity index (χ0) is 24.8. The molecular weight excluding hydrogens is 466 g/mol. The van der Waals surface area contributed by atoms with Gasteiger partial charge in [0, 0.05) is 29.8 Å². The Labute approximate surface area is 206 Å². The van der Waals surface area contributed by atoms with Gasteiger partial charge in [-0.2, -0.15) is 5.10 Å². The molecule has 2 heterocycles. The first-order chi connectivity index (χ1) is 17.0. The molecule has 1 aliphatic heterocycles. The quantitative estimate of drug-likeness (QED) is 0.369. The first-order valence-electron chi connectivity index (χ1n) is 11.6. The number of aromatic nitrogens is 2. The first-order valence-corrected chi connectivity index (χ1v) is 12.6. The second kappa shape index (κ2) is 11.2. The third kappa shape index (κ3) is 5.54. The Kier molecular flexibility index (Phi) is 7.81. The molecule has 0 saturated carbocycles. The van der Waals surface area contributed by atoms with E-state index >= 15 is 0 Å². The van der Waals surface area contributed by atoms with Crippen LogP contribution in [-0.4, -0.2) is 39.8 Å². The number of nitrogens with one attached hydrogen (secondary N) is 2. The van der Waals surface area contributed by atoms with E-state index in [0.29, 0.717) is 23.1 Å². The number of aryl methyl sites for hydroxylation is 1. The summed E-state index contributed by atoms with van der Waals surface area (Å²) in [5.74, 6) is -0.800. The Morgan fingerprint density at radius 3 is 2.51 bits per heavy atom. The van der Waals surface area contributed by atoms with Crippen LogP contribution in [0.4, 0.5) is 5.69 Å². The van der Waals surface area contributed by atoms with E-state index in [4.69, 9.17) is 0 Å². The van der Waals surface area contributed by atoms with Crippen molar-refractivity contribution in [2.75, 3.05) is 17.2 Å². The lowest BCUT2D eigenvalue weighted by atomic mass is 10.1. The zero-order valence-electron chi connectivity index (χ0n) is 19.5. The second-order valence-corrected chi connectivity index (χ2v) is 9.20. The molecule has 2 N–H and O–H groups in total. The van der Waals surface area contributed by atoms with Crippen molar-refractivity contribution in [3.05, 3.63) is 64.6 Å². The standard InChI is InChI=1S/C25H27N5O4S/c1-2-3-8-14-30-25(34)18-10-5-4-9-17(18)23(28-30)24(33)27-26-21(31)13-15-29-19-11-6-7-12-20(19)35-16-22(29)32/h4-7,9-12H,2-3,8,13-16H2,1H3,(H,26,31)(H,27,33). The van der Waals surface area contributed by atoms with Crippen LogP contribution in [0.5, 0.6) is 0 Å². The van der Waals surface area contributed by atoms with Crippen molar-refractivity contribution in [1.82, 2.24) is 20.6 Å². The predicted molar refractivity (Wildman–Crippen MR) is 135 cm³/mol. The van der Waals surface area contributed by atoms with Crippen LogP contribution in [0.25, 0.3) is 10.8 Å². The van der Waals surface area contributed by atoms with Crippen molar-refractivity contribution in [3.8, 4) is 0 Å². The van der Waals surface area contributed by atoms with Crippen molar-refractivity contribution in [1.29, 1.82) is 0 Å². The van der Waals surface area contributed by atoms with Crippen LogP contribution in [0.2, 0.25) is 0 Å². The van der Waals surface area contributed by atoms with Crippen LogP contribution in [-0.2, 0) is 16.1 Å². The fourth-order valence-electron chi connectivity index (χ4n) is 3.93. The van der Waals surface area contributed by atoms with Gasteiger partial charge in [-0.05, 0) is 24.6 Å². The van der Waals surface area contributed by atoms with E-state index in [2.05, 4.69) is 22.9 Å². The molecule has 0 atom stereocenters. The first kappa shape index (κ1) is 24.5. The highest BCUT2D eigenvalue weighted by Gasteiger charge is 2.25.